The van der Waals surface area contributed by atoms with Crippen LogP contribution in [0, 0.1) is 0 Å². The fourth-order valence-corrected chi connectivity index (χ4v) is 3.97. The third-order valence-corrected chi connectivity index (χ3v) is 6.17. The van der Waals surface area contributed by atoms with E-state index in [0.29, 0.717) is 35.2 Å². The zero-order valence-electron chi connectivity index (χ0n) is 18.1. The van der Waals surface area contributed by atoms with E-state index >= 15 is 0 Å². The molecule has 3 rings (SSSR count). The largest absolute Gasteiger partial charge is 0.491 e. The summed E-state index contributed by atoms with van der Waals surface area (Å²) in [6.45, 7) is 2.39. The number of hydrogen-bond donors (Lipinski definition) is 1. The number of aliphatic hydroxyl groups excluding tert-OH is 1. The lowest BCUT2D eigenvalue weighted by Crippen LogP contribution is -2.43. The topological polar surface area (TPSA) is 68.2 Å². The summed E-state index contributed by atoms with van der Waals surface area (Å²) in [7, 11) is 1.38. The van der Waals surface area contributed by atoms with Crippen LogP contribution in [0.3, 0.4) is 0 Å². The number of rotatable bonds is 10. The molecule has 0 radical (unpaired) electrons. The van der Waals surface area contributed by atoms with Gasteiger partial charge in [-0.15, -0.1) is 0 Å². The smallest absolute Gasteiger partial charge is 0.305 e. The van der Waals surface area contributed by atoms with Crippen molar-refractivity contribution in [1.82, 2.24) is 4.90 Å². The second kappa shape index (κ2) is 12.3. The number of methoxy groups -OCH3 is 1. The number of esters is 1. The second-order valence-corrected chi connectivity index (χ2v) is 8.66. The Balaban J connectivity index is 1.40. The van der Waals surface area contributed by atoms with Crippen molar-refractivity contribution in [2.75, 3.05) is 33.4 Å². The van der Waals surface area contributed by atoms with Gasteiger partial charge in [0.25, 0.3) is 0 Å². The number of ether oxygens (including phenoxy) is 3. The number of carbonyl (C=O) groups excluding carboxylic acids is 1. The second-order valence-electron chi connectivity index (χ2n) is 7.84. The number of β-amino-alcohol motifs (C(OH)–C–C–N with tert-alkyl or cyclic N) is 1. The Hall–Kier alpha value is -1.99. The van der Waals surface area contributed by atoms with Gasteiger partial charge in [0.05, 0.1) is 17.2 Å². The lowest BCUT2D eigenvalue weighted by molar-refractivity contribution is -0.140. The Morgan fingerprint density at radius 2 is 1.91 bits per heavy atom. The zero-order valence-corrected chi connectivity index (χ0v) is 19.6. The van der Waals surface area contributed by atoms with E-state index in [1.54, 1.807) is 12.1 Å². The molecular formula is C24H29Cl2NO5. The summed E-state index contributed by atoms with van der Waals surface area (Å²) in [5.41, 5.74) is 0.922. The number of piperidine rings is 1. The minimum Gasteiger partial charge on any atom is -0.491 e. The van der Waals surface area contributed by atoms with Crippen LogP contribution in [0.25, 0.3) is 0 Å². The number of para-hydroxylation sites is 1. The quantitative estimate of drug-likeness (QED) is 0.507. The molecule has 1 saturated heterocycles. The number of nitrogens with zero attached hydrogens (tertiary/aromatic N) is 1. The number of likely N-dealkylation sites (tertiary alicyclic amines) is 1. The van der Waals surface area contributed by atoms with E-state index in [2.05, 4.69) is 4.90 Å². The zero-order chi connectivity index (χ0) is 22.9. The molecule has 2 aromatic rings. The number of carbonyl (C=O) groups is 1. The van der Waals surface area contributed by atoms with Crippen molar-refractivity contribution in [3.05, 3.63) is 58.1 Å². The van der Waals surface area contributed by atoms with Crippen molar-refractivity contribution in [3.63, 3.8) is 0 Å². The molecule has 6 nitrogen and oxygen atoms in total. The molecule has 0 bridgehead atoms. The van der Waals surface area contributed by atoms with E-state index in [1.165, 1.54) is 7.11 Å². The molecule has 1 atom stereocenters. The summed E-state index contributed by atoms with van der Waals surface area (Å²) in [4.78, 5) is 13.6. The van der Waals surface area contributed by atoms with E-state index in [9.17, 15) is 9.90 Å². The maximum absolute atomic E-state index is 11.4. The van der Waals surface area contributed by atoms with Gasteiger partial charge in [0.2, 0.25) is 0 Å². The molecule has 1 fully saturated rings. The molecule has 1 aliphatic rings. The van der Waals surface area contributed by atoms with Gasteiger partial charge in [-0.25, -0.2) is 0 Å². The predicted octanol–water partition coefficient (Wildman–Crippen LogP) is 4.38. The maximum Gasteiger partial charge on any atom is 0.305 e. The Kier molecular flexibility index (Phi) is 9.48. The van der Waals surface area contributed by atoms with Crippen LogP contribution in [-0.4, -0.2) is 61.5 Å². The summed E-state index contributed by atoms with van der Waals surface area (Å²) in [5.74, 6) is 1.15. The van der Waals surface area contributed by atoms with E-state index < -0.39 is 6.10 Å². The molecule has 174 valence electrons. The molecule has 1 aliphatic heterocycles. The SMILES string of the molecule is COC(=O)CCc1ccccc1OCC(O)CN1CCC(Oc2ccc(Cl)c(Cl)c2)CC1. The van der Waals surface area contributed by atoms with Crippen LogP contribution < -0.4 is 9.47 Å². The number of hydrogen-bond acceptors (Lipinski definition) is 6. The summed E-state index contributed by atoms with van der Waals surface area (Å²) in [6, 6.07) is 12.8. The molecule has 1 unspecified atom stereocenters. The van der Waals surface area contributed by atoms with Crippen LogP contribution >= 0.6 is 23.2 Å². The standard InChI is InChI=1S/C24H29Cl2NO5/c1-30-24(29)9-6-17-4-2-3-5-23(17)31-16-18(28)15-27-12-10-19(11-13-27)32-20-7-8-21(25)22(26)14-20/h2-5,7-8,14,18-19,28H,6,9-13,15-16H2,1H3. The normalized spacial score (nSPS) is 15.9. The van der Waals surface area contributed by atoms with E-state index in [1.807, 2.05) is 30.3 Å². The molecule has 32 heavy (non-hydrogen) atoms. The minimum absolute atomic E-state index is 0.110. The number of benzene rings is 2. The number of aryl methyl sites for hydroxylation is 1. The molecule has 0 aromatic heterocycles. The maximum atomic E-state index is 11.4. The van der Waals surface area contributed by atoms with Crippen LogP contribution in [0.2, 0.25) is 10.0 Å². The highest BCUT2D eigenvalue weighted by Gasteiger charge is 2.23. The Bertz CT molecular complexity index is 886. The van der Waals surface area contributed by atoms with Gasteiger partial charge in [0.15, 0.2) is 0 Å². The van der Waals surface area contributed by atoms with Crippen LogP contribution in [0.15, 0.2) is 42.5 Å². The Morgan fingerprint density at radius 1 is 1.16 bits per heavy atom. The van der Waals surface area contributed by atoms with Crippen molar-refractivity contribution < 1.29 is 24.1 Å². The highest BCUT2D eigenvalue weighted by molar-refractivity contribution is 6.42. The van der Waals surface area contributed by atoms with Crippen LogP contribution in [0.1, 0.15) is 24.8 Å². The molecule has 1 N–H and O–H groups in total. The average Bonchev–Trinajstić information content (AvgIpc) is 2.80. The predicted molar refractivity (Wildman–Crippen MR) is 125 cm³/mol. The van der Waals surface area contributed by atoms with E-state index in [-0.39, 0.29) is 18.7 Å². The highest BCUT2D eigenvalue weighted by atomic mass is 35.5. The third-order valence-electron chi connectivity index (χ3n) is 5.43. The summed E-state index contributed by atoms with van der Waals surface area (Å²) < 4.78 is 16.6. The molecule has 1 heterocycles. The average molecular weight is 482 g/mol. The van der Waals surface area contributed by atoms with Crippen LogP contribution in [0.5, 0.6) is 11.5 Å². The van der Waals surface area contributed by atoms with Gasteiger partial charge in [-0.2, -0.15) is 0 Å². The van der Waals surface area contributed by atoms with Gasteiger partial charge in [0.1, 0.15) is 30.3 Å². The van der Waals surface area contributed by atoms with Gasteiger partial charge >= 0.3 is 5.97 Å². The monoisotopic (exact) mass is 481 g/mol. The summed E-state index contributed by atoms with van der Waals surface area (Å²) in [5, 5.41) is 11.5. The van der Waals surface area contributed by atoms with E-state index in [0.717, 1.165) is 37.2 Å². The first-order chi connectivity index (χ1) is 15.4. The molecule has 0 aliphatic carbocycles. The van der Waals surface area contributed by atoms with Gasteiger partial charge in [-0.3, -0.25) is 4.79 Å². The Morgan fingerprint density at radius 3 is 2.62 bits per heavy atom. The van der Waals surface area contributed by atoms with Crippen molar-refractivity contribution >= 4 is 29.2 Å². The van der Waals surface area contributed by atoms with E-state index in [4.69, 9.17) is 37.4 Å². The summed E-state index contributed by atoms with van der Waals surface area (Å²) in [6.07, 6.45) is 2.05. The lowest BCUT2D eigenvalue weighted by Gasteiger charge is -2.33. The molecule has 2 aromatic carbocycles. The fourth-order valence-electron chi connectivity index (χ4n) is 3.68. The van der Waals surface area contributed by atoms with Gasteiger partial charge < -0.3 is 24.2 Å². The van der Waals surface area contributed by atoms with Crippen LogP contribution in [0.4, 0.5) is 0 Å². The Labute approximate surface area is 199 Å². The molecule has 0 spiro atoms. The van der Waals surface area contributed by atoms with Crippen molar-refractivity contribution in [1.29, 1.82) is 0 Å². The van der Waals surface area contributed by atoms with Gasteiger partial charge in [0, 0.05) is 32.1 Å². The first-order valence-corrected chi connectivity index (χ1v) is 11.5. The van der Waals surface area contributed by atoms with Crippen molar-refractivity contribution in [3.8, 4) is 11.5 Å². The molecule has 0 amide bonds. The molecule has 0 saturated carbocycles. The number of aliphatic hydroxyl groups is 1. The first-order valence-electron chi connectivity index (χ1n) is 10.7. The van der Waals surface area contributed by atoms with Gasteiger partial charge in [-0.05, 0) is 43.0 Å². The highest BCUT2D eigenvalue weighted by Crippen LogP contribution is 2.28. The fraction of sp³-hybridized carbons (Fsp3) is 0.458. The summed E-state index contributed by atoms with van der Waals surface area (Å²) >= 11 is 12.0. The lowest BCUT2D eigenvalue weighted by atomic mass is 10.1. The van der Waals surface area contributed by atoms with Crippen molar-refractivity contribution in [2.45, 2.75) is 37.9 Å². The first kappa shape index (κ1) is 24.6. The van der Waals surface area contributed by atoms with Crippen molar-refractivity contribution in [2.24, 2.45) is 0 Å². The molecular weight excluding hydrogens is 453 g/mol. The number of halogens is 2. The van der Waals surface area contributed by atoms with Gasteiger partial charge in [-0.1, -0.05) is 41.4 Å². The third kappa shape index (κ3) is 7.55. The van der Waals surface area contributed by atoms with Crippen LogP contribution in [-0.2, 0) is 16.0 Å². The molecule has 8 heteroatoms. The minimum atomic E-state index is -0.615.